The first-order valence-electron chi connectivity index (χ1n) is 12.4. The molecule has 1 aromatic rings. The van der Waals surface area contributed by atoms with Crippen LogP contribution >= 0.6 is 0 Å². The van der Waals surface area contributed by atoms with Gasteiger partial charge in [-0.2, -0.15) is 13.2 Å². The van der Waals surface area contributed by atoms with Crippen LogP contribution in [0.5, 0.6) is 0 Å². The van der Waals surface area contributed by atoms with Crippen LogP contribution in [-0.4, -0.2) is 67.4 Å². The van der Waals surface area contributed by atoms with Crippen LogP contribution in [0.4, 0.5) is 19.0 Å². The number of methoxy groups -OCH3 is 1. The number of ether oxygens (including phenoxy) is 2. The van der Waals surface area contributed by atoms with Gasteiger partial charge in [0.2, 0.25) is 5.91 Å². The Morgan fingerprint density at radius 1 is 1.29 bits per heavy atom. The molecule has 34 heavy (non-hydrogen) atoms. The molecule has 9 heteroatoms. The molecule has 1 saturated carbocycles. The summed E-state index contributed by atoms with van der Waals surface area (Å²) < 4.78 is 50.6. The van der Waals surface area contributed by atoms with Gasteiger partial charge in [0.1, 0.15) is 5.82 Å². The van der Waals surface area contributed by atoms with Gasteiger partial charge in [-0.25, -0.2) is 4.98 Å². The van der Waals surface area contributed by atoms with Gasteiger partial charge in [0, 0.05) is 38.4 Å². The Labute approximate surface area is 198 Å². The van der Waals surface area contributed by atoms with Gasteiger partial charge < -0.3 is 19.3 Å². The van der Waals surface area contributed by atoms with Crippen molar-refractivity contribution in [1.82, 2.24) is 9.88 Å². The van der Waals surface area contributed by atoms with Gasteiger partial charge in [-0.15, -0.1) is 0 Å². The molecule has 1 aromatic heterocycles. The van der Waals surface area contributed by atoms with Crippen molar-refractivity contribution < 1.29 is 27.4 Å². The second kappa shape index (κ2) is 8.97. The summed E-state index contributed by atoms with van der Waals surface area (Å²) in [5, 5.41) is 0. The Bertz CT molecular complexity index is 913. The number of hydrogen-bond donors (Lipinski definition) is 0. The zero-order valence-corrected chi connectivity index (χ0v) is 19.9. The van der Waals surface area contributed by atoms with E-state index in [2.05, 4.69) is 11.9 Å². The van der Waals surface area contributed by atoms with Crippen molar-refractivity contribution in [3.8, 4) is 0 Å². The normalized spacial score (nSPS) is 35.9. The average Bonchev–Trinajstić information content (AvgIpc) is 3.53. The minimum atomic E-state index is -4.39. The second-order valence-corrected chi connectivity index (χ2v) is 10.9. The van der Waals surface area contributed by atoms with E-state index in [9.17, 15) is 18.0 Å². The SMILES string of the molecule is CO[C@@H]1COCC[C@@H]1C[C@@H]1CC[C@](C)(C(=O)N2C[C@H]3C[C@@H]2CN3c2cc(C(F)(F)F)ccn2)C1. The first kappa shape index (κ1) is 23.9. The predicted octanol–water partition coefficient (Wildman–Crippen LogP) is 4.14. The lowest BCUT2D eigenvalue weighted by atomic mass is 9.82. The summed E-state index contributed by atoms with van der Waals surface area (Å²) in [4.78, 5) is 21.8. The van der Waals surface area contributed by atoms with Crippen LogP contribution in [0.25, 0.3) is 0 Å². The van der Waals surface area contributed by atoms with Crippen LogP contribution in [0, 0.1) is 17.3 Å². The first-order valence-corrected chi connectivity index (χ1v) is 12.4. The molecule has 0 spiro atoms. The molecule has 0 aromatic carbocycles. The predicted molar refractivity (Wildman–Crippen MR) is 120 cm³/mol. The van der Waals surface area contributed by atoms with E-state index >= 15 is 0 Å². The molecule has 3 saturated heterocycles. The standard InChI is InChI=1S/C25H34F3N3O3/c1-24(6-3-16(12-24)9-17-5-8-34-15-21(17)33-2)23(32)31-14-19-11-20(31)13-30(19)22-10-18(4-7-29-22)25(26,27)28/h4,7,10,16-17,19-21H,3,5-6,8-9,11-15H2,1-2H3/t16-,17+,19+,20+,21+,24-/m0/s1. The van der Waals surface area contributed by atoms with Crippen LogP contribution in [0.2, 0.25) is 0 Å². The molecule has 0 unspecified atom stereocenters. The minimum Gasteiger partial charge on any atom is -0.379 e. The van der Waals surface area contributed by atoms with Crippen LogP contribution in [-0.2, 0) is 20.4 Å². The lowest BCUT2D eigenvalue weighted by Crippen LogP contribution is -2.52. The number of alkyl halides is 3. The van der Waals surface area contributed by atoms with Crippen LogP contribution in [0.3, 0.4) is 0 Å². The van der Waals surface area contributed by atoms with Gasteiger partial charge in [-0.3, -0.25) is 4.79 Å². The summed E-state index contributed by atoms with van der Waals surface area (Å²) >= 11 is 0. The van der Waals surface area contributed by atoms with Crippen molar-refractivity contribution in [2.75, 3.05) is 38.3 Å². The third kappa shape index (κ3) is 4.41. The number of halogens is 3. The third-order valence-electron chi connectivity index (χ3n) is 8.61. The molecule has 5 rings (SSSR count). The Morgan fingerprint density at radius 2 is 2.12 bits per heavy atom. The van der Waals surface area contributed by atoms with Crippen LogP contribution in [0.15, 0.2) is 18.3 Å². The van der Waals surface area contributed by atoms with E-state index < -0.39 is 11.7 Å². The van der Waals surface area contributed by atoms with E-state index in [0.717, 1.165) is 57.3 Å². The minimum absolute atomic E-state index is 0.0235. The fourth-order valence-corrected chi connectivity index (χ4v) is 6.77. The maximum atomic E-state index is 13.6. The average molecular weight is 482 g/mol. The number of carbonyl (C=O) groups is 1. The van der Waals surface area contributed by atoms with Gasteiger partial charge in [0.05, 0.1) is 30.4 Å². The molecule has 3 aliphatic heterocycles. The summed E-state index contributed by atoms with van der Waals surface area (Å²) in [6, 6.07) is 2.19. The monoisotopic (exact) mass is 481 g/mol. The number of anilines is 1. The number of likely N-dealkylation sites (tertiary alicyclic amines) is 1. The van der Waals surface area contributed by atoms with Crippen molar-refractivity contribution in [2.45, 2.75) is 69.8 Å². The molecule has 4 aliphatic rings. The highest BCUT2D eigenvalue weighted by Gasteiger charge is 2.51. The Morgan fingerprint density at radius 3 is 2.82 bits per heavy atom. The molecular weight excluding hydrogens is 447 g/mol. The van der Waals surface area contributed by atoms with Crippen molar-refractivity contribution in [1.29, 1.82) is 0 Å². The fraction of sp³-hybridized carbons (Fsp3) is 0.760. The molecule has 6 nitrogen and oxygen atoms in total. The second-order valence-electron chi connectivity index (χ2n) is 10.9. The van der Waals surface area contributed by atoms with E-state index in [1.54, 1.807) is 7.11 Å². The third-order valence-corrected chi connectivity index (χ3v) is 8.61. The van der Waals surface area contributed by atoms with Gasteiger partial charge in [-0.05, 0) is 62.5 Å². The van der Waals surface area contributed by atoms with Crippen molar-refractivity contribution in [2.24, 2.45) is 17.3 Å². The maximum Gasteiger partial charge on any atom is 0.416 e. The van der Waals surface area contributed by atoms with E-state index in [1.807, 2.05) is 9.80 Å². The molecule has 2 bridgehead atoms. The van der Waals surface area contributed by atoms with Crippen LogP contribution in [0.1, 0.15) is 51.0 Å². The summed E-state index contributed by atoms with van der Waals surface area (Å²) in [7, 11) is 1.75. The number of piperazine rings is 1. The van der Waals surface area contributed by atoms with Crippen molar-refractivity contribution >= 4 is 11.7 Å². The number of pyridine rings is 1. The summed E-state index contributed by atoms with van der Waals surface area (Å²) in [6.07, 6.45) is 2.69. The molecule has 1 amide bonds. The molecule has 188 valence electrons. The highest BCUT2D eigenvalue weighted by Crippen LogP contribution is 2.48. The zero-order valence-electron chi connectivity index (χ0n) is 19.9. The molecule has 4 fully saturated rings. The quantitative estimate of drug-likeness (QED) is 0.633. The molecule has 1 aliphatic carbocycles. The lowest BCUT2D eigenvalue weighted by molar-refractivity contribution is -0.142. The first-order chi connectivity index (χ1) is 16.2. The van der Waals surface area contributed by atoms with E-state index in [1.165, 1.54) is 6.20 Å². The summed E-state index contributed by atoms with van der Waals surface area (Å²) in [5.41, 5.74) is -1.04. The number of carbonyl (C=O) groups excluding carboxylic acids is 1. The number of hydrogen-bond acceptors (Lipinski definition) is 5. The molecule has 4 heterocycles. The summed E-state index contributed by atoms with van der Waals surface area (Å²) in [5.74, 6) is 1.57. The number of fused-ring (bicyclic) bond motifs is 2. The van der Waals surface area contributed by atoms with Crippen molar-refractivity contribution in [3.63, 3.8) is 0 Å². The number of amides is 1. The smallest absolute Gasteiger partial charge is 0.379 e. The molecular formula is C25H34F3N3O3. The maximum absolute atomic E-state index is 13.6. The van der Waals surface area contributed by atoms with E-state index in [-0.39, 0.29) is 29.5 Å². The Kier molecular flexibility index (Phi) is 6.29. The molecule has 0 N–H and O–H groups in total. The van der Waals surface area contributed by atoms with E-state index in [4.69, 9.17) is 9.47 Å². The van der Waals surface area contributed by atoms with E-state index in [0.29, 0.717) is 37.4 Å². The zero-order chi connectivity index (χ0) is 24.1. The van der Waals surface area contributed by atoms with Crippen LogP contribution < -0.4 is 4.90 Å². The Balaban J connectivity index is 1.20. The van der Waals surface area contributed by atoms with Crippen molar-refractivity contribution in [3.05, 3.63) is 23.9 Å². The highest BCUT2D eigenvalue weighted by molar-refractivity contribution is 5.84. The summed E-state index contributed by atoms with van der Waals surface area (Å²) in [6.45, 7) is 4.64. The van der Waals surface area contributed by atoms with Gasteiger partial charge >= 0.3 is 6.18 Å². The number of aromatic nitrogens is 1. The van der Waals surface area contributed by atoms with Gasteiger partial charge in [0.15, 0.2) is 0 Å². The number of rotatable bonds is 5. The lowest BCUT2D eigenvalue weighted by Gasteiger charge is -2.39. The number of nitrogens with zero attached hydrogens (tertiary/aromatic N) is 3. The van der Waals surface area contributed by atoms with Gasteiger partial charge in [-0.1, -0.05) is 6.92 Å². The Hall–Kier alpha value is -1.87. The largest absolute Gasteiger partial charge is 0.416 e. The molecule has 0 radical (unpaired) electrons. The topological polar surface area (TPSA) is 54.9 Å². The highest BCUT2D eigenvalue weighted by atomic mass is 19.4. The van der Waals surface area contributed by atoms with Gasteiger partial charge in [0.25, 0.3) is 0 Å². The molecule has 6 atom stereocenters. The fourth-order valence-electron chi connectivity index (χ4n) is 6.77.